The Hall–Kier alpha value is -0.380. The van der Waals surface area contributed by atoms with Gasteiger partial charge >= 0.3 is 5.65 Å². The number of nitrogens with one attached hydrogen (secondary N) is 2. The van der Waals surface area contributed by atoms with Gasteiger partial charge in [0.2, 0.25) is 0 Å². The molecule has 0 aromatic carbocycles. The lowest BCUT2D eigenvalue weighted by Gasteiger charge is -2.05. The summed E-state index contributed by atoms with van der Waals surface area (Å²) in [5.41, 5.74) is -0.784. The van der Waals surface area contributed by atoms with Crippen molar-refractivity contribution in [2.75, 3.05) is 26.8 Å². The van der Waals surface area contributed by atoms with E-state index < -0.39 is 13.0 Å². The van der Waals surface area contributed by atoms with Crippen LogP contribution in [0, 0.1) is 0 Å². The van der Waals surface area contributed by atoms with Crippen LogP contribution < -0.4 is 10.6 Å². The van der Waals surface area contributed by atoms with Gasteiger partial charge in [-0.3, -0.25) is 9.36 Å². The molecule has 0 aromatic heterocycles. The average Bonchev–Trinajstić information content (AvgIpc) is 1.86. The second-order valence-corrected chi connectivity index (χ2v) is 4.38. The molecule has 3 N–H and O–H groups in total. The van der Waals surface area contributed by atoms with Gasteiger partial charge in [0.15, 0.2) is 0 Å². The highest BCUT2D eigenvalue weighted by Gasteiger charge is 2.20. The Balaban J connectivity index is 0. The molecule has 6 heteroatoms. The van der Waals surface area contributed by atoms with Crippen molar-refractivity contribution in [3.63, 3.8) is 0 Å². The fraction of sp³-hybridized carbons (Fsp3) is 0.833. The van der Waals surface area contributed by atoms with Gasteiger partial charge < -0.3 is 15.5 Å². The molecule has 0 fully saturated rings. The molecule has 0 rings (SSSR count). The molecule has 0 aliphatic rings. The summed E-state index contributed by atoms with van der Waals surface area (Å²) in [5.74, 6) is 0. The van der Waals surface area contributed by atoms with E-state index >= 15 is 0 Å². The van der Waals surface area contributed by atoms with E-state index in [0.717, 1.165) is 6.66 Å². The monoisotopic (exact) mass is 196 g/mol. The standard InChI is InChI=1S/C5H13N2O3P.CH4/c1-6-3-4-7-5(8)11(2,9)10;/h6H,3-4H2,1-2H3,(H,7,8)(H,9,10);1H4. The second kappa shape index (κ2) is 6.17. The molecule has 74 valence electrons. The fourth-order valence-electron chi connectivity index (χ4n) is 0.441. The van der Waals surface area contributed by atoms with Gasteiger partial charge in [0.25, 0.3) is 7.37 Å². The number of likely N-dealkylation sites (N-methyl/N-ethyl adjacent to an activating group) is 1. The predicted octanol–water partition coefficient (Wildman–Crippen LogP) is 0.452. The van der Waals surface area contributed by atoms with Crippen molar-refractivity contribution >= 4 is 13.0 Å². The van der Waals surface area contributed by atoms with Gasteiger partial charge in [-0.05, 0) is 7.05 Å². The Kier molecular flexibility index (Phi) is 7.28. The summed E-state index contributed by atoms with van der Waals surface area (Å²) in [5, 5.41) is 5.10. The van der Waals surface area contributed by atoms with Gasteiger partial charge in [-0.15, -0.1) is 0 Å². The fourth-order valence-corrected chi connectivity index (χ4v) is 0.846. The molecule has 0 aromatic rings. The summed E-state index contributed by atoms with van der Waals surface area (Å²) < 4.78 is 10.6. The molecule has 12 heavy (non-hydrogen) atoms. The van der Waals surface area contributed by atoms with Crippen LogP contribution in [0.2, 0.25) is 0 Å². The van der Waals surface area contributed by atoms with E-state index in [2.05, 4.69) is 10.6 Å². The van der Waals surface area contributed by atoms with E-state index in [9.17, 15) is 9.36 Å². The van der Waals surface area contributed by atoms with Crippen LogP contribution in [0.1, 0.15) is 7.43 Å². The summed E-state index contributed by atoms with van der Waals surface area (Å²) in [6.45, 7) is 1.97. The second-order valence-electron chi connectivity index (χ2n) is 2.21. The van der Waals surface area contributed by atoms with Crippen molar-refractivity contribution in [2.24, 2.45) is 0 Å². The Labute approximate surface area is 73.0 Å². The predicted molar refractivity (Wildman–Crippen MR) is 49.8 cm³/mol. The summed E-state index contributed by atoms with van der Waals surface area (Å²) in [6.07, 6.45) is 0. The normalized spacial score (nSPS) is 14.2. The highest BCUT2D eigenvalue weighted by atomic mass is 31.2. The lowest BCUT2D eigenvalue weighted by molar-refractivity contribution is 0.255. The van der Waals surface area contributed by atoms with Crippen LogP contribution in [0.3, 0.4) is 0 Å². The van der Waals surface area contributed by atoms with Crippen molar-refractivity contribution < 1.29 is 14.3 Å². The molecular weight excluding hydrogens is 179 g/mol. The lowest BCUT2D eigenvalue weighted by atomic mass is 10.6. The van der Waals surface area contributed by atoms with E-state index in [4.69, 9.17) is 4.89 Å². The van der Waals surface area contributed by atoms with Gasteiger partial charge in [-0.25, -0.2) is 0 Å². The highest BCUT2D eigenvalue weighted by Crippen LogP contribution is 2.35. The van der Waals surface area contributed by atoms with Crippen LogP contribution in [0.5, 0.6) is 0 Å². The zero-order chi connectivity index (χ0) is 8.91. The first-order valence-corrected chi connectivity index (χ1v) is 5.32. The minimum atomic E-state index is -3.57. The molecule has 1 amide bonds. The van der Waals surface area contributed by atoms with E-state index in [1.165, 1.54) is 0 Å². The Bertz CT molecular complexity index is 178. The molecule has 5 nitrogen and oxygen atoms in total. The molecule has 0 spiro atoms. The first kappa shape index (κ1) is 14.2. The maximum atomic E-state index is 10.7. The third kappa shape index (κ3) is 6.34. The molecular formula is C6H17N2O3P. The molecule has 0 aliphatic heterocycles. The van der Waals surface area contributed by atoms with Crippen molar-refractivity contribution in [2.45, 2.75) is 7.43 Å². The Morgan fingerprint density at radius 1 is 1.50 bits per heavy atom. The SMILES string of the molecule is C.CNCCNC(=O)P(C)(=O)O. The Morgan fingerprint density at radius 3 is 2.33 bits per heavy atom. The number of hydrogen-bond acceptors (Lipinski definition) is 3. The van der Waals surface area contributed by atoms with Crippen LogP contribution in [0.25, 0.3) is 0 Å². The van der Waals surface area contributed by atoms with E-state index in [1.54, 1.807) is 7.05 Å². The van der Waals surface area contributed by atoms with Crippen molar-refractivity contribution in [3.8, 4) is 0 Å². The third-order valence-corrected chi connectivity index (χ3v) is 1.94. The number of rotatable bonds is 4. The molecule has 0 aliphatic carbocycles. The third-order valence-electron chi connectivity index (χ3n) is 1.03. The molecule has 0 bridgehead atoms. The van der Waals surface area contributed by atoms with Crippen molar-refractivity contribution in [1.29, 1.82) is 0 Å². The quantitative estimate of drug-likeness (QED) is 0.450. The molecule has 0 heterocycles. The lowest BCUT2D eigenvalue weighted by Crippen LogP contribution is -2.29. The molecule has 0 saturated carbocycles. The first-order chi connectivity index (χ1) is 4.98. The first-order valence-electron chi connectivity index (χ1n) is 3.21. The van der Waals surface area contributed by atoms with Crippen LogP contribution in [0.4, 0.5) is 4.79 Å². The largest absolute Gasteiger partial charge is 0.346 e. The van der Waals surface area contributed by atoms with Gasteiger partial charge in [-0.2, -0.15) is 0 Å². The van der Waals surface area contributed by atoms with E-state index in [-0.39, 0.29) is 7.43 Å². The smallest absolute Gasteiger partial charge is 0.305 e. The topological polar surface area (TPSA) is 78.4 Å². The summed E-state index contributed by atoms with van der Waals surface area (Å²) >= 11 is 0. The van der Waals surface area contributed by atoms with Gasteiger partial charge in [0.05, 0.1) is 0 Å². The molecule has 1 unspecified atom stereocenters. The maximum absolute atomic E-state index is 10.7. The number of hydrogen-bond donors (Lipinski definition) is 3. The van der Waals surface area contributed by atoms with E-state index in [0.29, 0.717) is 13.1 Å². The number of carbonyl (C=O) groups excluding carboxylic acids is 1. The minimum absolute atomic E-state index is 0. The van der Waals surface area contributed by atoms with Crippen molar-refractivity contribution in [3.05, 3.63) is 0 Å². The summed E-state index contributed by atoms with van der Waals surface area (Å²) in [6, 6.07) is 0. The molecule has 0 radical (unpaired) electrons. The zero-order valence-electron chi connectivity index (χ0n) is 6.63. The summed E-state index contributed by atoms with van der Waals surface area (Å²) in [4.78, 5) is 19.4. The maximum Gasteiger partial charge on any atom is 0.305 e. The average molecular weight is 196 g/mol. The Morgan fingerprint density at radius 2 is 2.00 bits per heavy atom. The molecule has 0 saturated heterocycles. The van der Waals surface area contributed by atoms with E-state index in [1.807, 2.05) is 0 Å². The van der Waals surface area contributed by atoms with Crippen LogP contribution in [-0.2, 0) is 4.57 Å². The highest BCUT2D eigenvalue weighted by molar-refractivity contribution is 7.74. The number of carbonyl (C=O) groups is 1. The zero-order valence-corrected chi connectivity index (χ0v) is 7.52. The van der Waals surface area contributed by atoms with Crippen molar-refractivity contribution in [1.82, 2.24) is 10.6 Å². The van der Waals surface area contributed by atoms with Crippen LogP contribution >= 0.6 is 7.37 Å². The molecule has 1 atom stereocenters. The summed E-state index contributed by atoms with van der Waals surface area (Å²) in [7, 11) is -1.84. The van der Waals surface area contributed by atoms with Gasteiger partial charge in [0, 0.05) is 19.8 Å². The minimum Gasteiger partial charge on any atom is -0.346 e. The van der Waals surface area contributed by atoms with Gasteiger partial charge in [0.1, 0.15) is 0 Å². The van der Waals surface area contributed by atoms with Crippen LogP contribution in [0.15, 0.2) is 0 Å². The number of amides is 1. The van der Waals surface area contributed by atoms with Gasteiger partial charge in [-0.1, -0.05) is 7.43 Å². The van der Waals surface area contributed by atoms with Crippen LogP contribution in [-0.4, -0.2) is 37.3 Å².